The van der Waals surface area contributed by atoms with Crippen LogP contribution < -0.4 is 5.73 Å². The van der Waals surface area contributed by atoms with E-state index >= 15 is 0 Å². The molecule has 2 atom stereocenters. The van der Waals surface area contributed by atoms with Gasteiger partial charge in [-0.3, -0.25) is 0 Å². The monoisotopic (exact) mass is 279 g/mol. The predicted molar refractivity (Wildman–Crippen MR) is 70.6 cm³/mol. The molecule has 0 radical (unpaired) electrons. The normalized spacial score (nSPS) is 14.8. The Morgan fingerprint density at radius 3 is 2.33 bits per heavy atom. The van der Waals surface area contributed by atoms with E-state index in [2.05, 4.69) is 0 Å². The van der Waals surface area contributed by atoms with E-state index in [-0.39, 0.29) is 35.8 Å². The van der Waals surface area contributed by atoms with Crippen molar-refractivity contribution >= 4 is 12.4 Å². The van der Waals surface area contributed by atoms with Gasteiger partial charge in [-0.25, -0.2) is 8.78 Å². The van der Waals surface area contributed by atoms with Gasteiger partial charge in [0.2, 0.25) is 0 Å². The van der Waals surface area contributed by atoms with Crippen LogP contribution in [0, 0.1) is 17.0 Å². The highest BCUT2D eigenvalue weighted by Crippen LogP contribution is 2.28. The third-order valence-corrected chi connectivity index (χ3v) is 2.93. The topological polar surface area (TPSA) is 46.2 Å². The van der Waals surface area contributed by atoms with E-state index in [1.807, 2.05) is 20.8 Å². The van der Waals surface area contributed by atoms with Gasteiger partial charge in [0.1, 0.15) is 0 Å². The van der Waals surface area contributed by atoms with Crippen molar-refractivity contribution in [2.24, 2.45) is 11.1 Å². The molecule has 0 aliphatic rings. The van der Waals surface area contributed by atoms with Crippen LogP contribution in [0.1, 0.15) is 38.9 Å². The Kier molecular flexibility index (Phi) is 6.20. The second-order valence-corrected chi connectivity index (χ2v) is 5.37. The summed E-state index contributed by atoms with van der Waals surface area (Å²) < 4.78 is 26.4. The zero-order valence-electron chi connectivity index (χ0n) is 10.8. The van der Waals surface area contributed by atoms with Crippen LogP contribution in [-0.4, -0.2) is 11.1 Å². The van der Waals surface area contributed by atoms with Crippen LogP contribution in [0.25, 0.3) is 0 Å². The summed E-state index contributed by atoms with van der Waals surface area (Å²) in [5, 5.41) is 9.87. The smallest absolute Gasteiger partial charge is 0.164 e. The summed E-state index contributed by atoms with van der Waals surface area (Å²) in [4.78, 5) is 0. The van der Waals surface area contributed by atoms with E-state index in [9.17, 15) is 13.9 Å². The van der Waals surface area contributed by atoms with Crippen LogP contribution in [0.2, 0.25) is 0 Å². The summed E-state index contributed by atoms with van der Waals surface area (Å²) in [6, 6.07) is 3.48. The predicted octanol–water partition coefficient (Wildman–Crippen LogP) is 3.18. The van der Waals surface area contributed by atoms with E-state index < -0.39 is 17.7 Å². The Morgan fingerprint density at radius 1 is 1.28 bits per heavy atom. The number of nitrogens with two attached hydrogens (primary N) is 1. The highest BCUT2D eigenvalue weighted by atomic mass is 35.5. The molecule has 5 heteroatoms. The SMILES string of the molecule is CC(C)(C)[C@H](N)C[C@@H](O)c1cccc(F)c1F.Cl. The van der Waals surface area contributed by atoms with Crippen molar-refractivity contribution in [2.45, 2.75) is 39.3 Å². The maximum atomic E-state index is 13.4. The molecular weight excluding hydrogens is 260 g/mol. The van der Waals surface area contributed by atoms with Gasteiger partial charge in [0.05, 0.1) is 6.10 Å². The van der Waals surface area contributed by atoms with Gasteiger partial charge in [-0.2, -0.15) is 0 Å². The maximum Gasteiger partial charge on any atom is 0.164 e. The zero-order valence-corrected chi connectivity index (χ0v) is 11.6. The second kappa shape index (κ2) is 6.45. The van der Waals surface area contributed by atoms with Crippen molar-refractivity contribution in [3.8, 4) is 0 Å². The van der Waals surface area contributed by atoms with Crippen molar-refractivity contribution in [1.29, 1.82) is 0 Å². The number of hydrogen-bond acceptors (Lipinski definition) is 2. The van der Waals surface area contributed by atoms with Crippen LogP contribution in [0.15, 0.2) is 18.2 Å². The molecule has 3 N–H and O–H groups in total. The van der Waals surface area contributed by atoms with Crippen molar-refractivity contribution in [2.75, 3.05) is 0 Å². The zero-order chi connectivity index (χ0) is 13.2. The van der Waals surface area contributed by atoms with Crippen LogP contribution in [0.3, 0.4) is 0 Å². The number of hydrogen-bond donors (Lipinski definition) is 2. The molecule has 0 saturated heterocycles. The van der Waals surface area contributed by atoms with Gasteiger partial charge in [0, 0.05) is 11.6 Å². The number of benzene rings is 1. The van der Waals surface area contributed by atoms with E-state index in [1.165, 1.54) is 12.1 Å². The largest absolute Gasteiger partial charge is 0.388 e. The first-order chi connectivity index (χ1) is 7.73. The minimum absolute atomic E-state index is 0. The standard InChI is InChI=1S/C13H19F2NO.ClH/c1-13(2,3)11(16)7-10(17)8-5-4-6-9(14)12(8)15;/h4-6,10-11,17H,7,16H2,1-3H3;1H/t10-,11-;/m1./s1. The first-order valence-corrected chi connectivity index (χ1v) is 5.61. The molecule has 1 aromatic carbocycles. The van der Waals surface area contributed by atoms with Crippen molar-refractivity contribution in [3.05, 3.63) is 35.4 Å². The molecule has 0 saturated carbocycles. The molecule has 0 amide bonds. The van der Waals surface area contributed by atoms with E-state index in [0.29, 0.717) is 0 Å². The fourth-order valence-electron chi connectivity index (χ4n) is 1.50. The minimum Gasteiger partial charge on any atom is -0.388 e. The van der Waals surface area contributed by atoms with E-state index in [0.717, 1.165) is 6.07 Å². The van der Waals surface area contributed by atoms with Gasteiger partial charge in [-0.1, -0.05) is 32.9 Å². The molecule has 0 aliphatic carbocycles. The molecule has 18 heavy (non-hydrogen) atoms. The van der Waals surface area contributed by atoms with Gasteiger partial charge in [0.25, 0.3) is 0 Å². The molecule has 0 aliphatic heterocycles. The average molecular weight is 280 g/mol. The Labute approximate surface area is 113 Å². The highest BCUT2D eigenvalue weighted by Gasteiger charge is 2.25. The molecule has 0 heterocycles. The fraction of sp³-hybridized carbons (Fsp3) is 0.538. The summed E-state index contributed by atoms with van der Waals surface area (Å²) in [5.41, 5.74) is 5.67. The first kappa shape index (κ1) is 17.3. The van der Waals surface area contributed by atoms with Crippen molar-refractivity contribution in [3.63, 3.8) is 0 Å². The fourth-order valence-corrected chi connectivity index (χ4v) is 1.50. The molecule has 1 rings (SSSR count). The van der Waals surface area contributed by atoms with Gasteiger partial charge < -0.3 is 10.8 Å². The molecule has 2 nitrogen and oxygen atoms in total. The molecule has 1 aromatic rings. The average Bonchev–Trinajstić information content (AvgIpc) is 2.20. The highest BCUT2D eigenvalue weighted by molar-refractivity contribution is 5.85. The van der Waals surface area contributed by atoms with E-state index in [1.54, 1.807) is 0 Å². The lowest BCUT2D eigenvalue weighted by Gasteiger charge is -2.29. The van der Waals surface area contributed by atoms with Crippen LogP contribution in [0.5, 0.6) is 0 Å². The van der Waals surface area contributed by atoms with Crippen molar-refractivity contribution in [1.82, 2.24) is 0 Å². The van der Waals surface area contributed by atoms with E-state index in [4.69, 9.17) is 5.73 Å². The lowest BCUT2D eigenvalue weighted by Crippen LogP contribution is -2.36. The van der Waals surface area contributed by atoms with Gasteiger partial charge in [0.15, 0.2) is 11.6 Å². The molecule has 0 spiro atoms. The Hall–Kier alpha value is -0.710. The Morgan fingerprint density at radius 2 is 1.83 bits per heavy atom. The number of aliphatic hydroxyl groups is 1. The summed E-state index contributed by atoms with van der Waals surface area (Å²) in [5.74, 6) is -1.95. The molecule has 0 fully saturated rings. The summed E-state index contributed by atoms with van der Waals surface area (Å²) in [6.45, 7) is 5.81. The lowest BCUT2D eigenvalue weighted by atomic mass is 9.83. The van der Waals surface area contributed by atoms with Crippen LogP contribution in [-0.2, 0) is 0 Å². The number of rotatable bonds is 3. The molecule has 0 unspecified atom stereocenters. The summed E-state index contributed by atoms with van der Waals surface area (Å²) in [6.07, 6.45) is -0.885. The third-order valence-electron chi connectivity index (χ3n) is 2.93. The Balaban J connectivity index is 0.00000289. The lowest BCUT2D eigenvalue weighted by molar-refractivity contribution is 0.129. The molecule has 0 bridgehead atoms. The van der Waals surface area contributed by atoms with Crippen LogP contribution in [0.4, 0.5) is 8.78 Å². The number of halogens is 3. The van der Waals surface area contributed by atoms with Crippen molar-refractivity contribution < 1.29 is 13.9 Å². The van der Waals surface area contributed by atoms with Gasteiger partial charge in [-0.05, 0) is 17.9 Å². The Bertz CT molecular complexity index is 393. The summed E-state index contributed by atoms with van der Waals surface area (Å²) in [7, 11) is 0. The summed E-state index contributed by atoms with van der Waals surface area (Å²) >= 11 is 0. The van der Waals surface area contributed by atoms with Gasteiger partial charge >= 0.3 is 0 Å². The minimum atomic E-state index is -1.08. The van der Waals surface area contributed by atoms with Crippen LogP contribution >= 0.6 is 12.4 Å². The first-order valence-electron chi connectivity index (χ1n) is 5.61. The molecular formula is C13H20ClF2NO. The molecule has 0 aromatic heterocycles. The third kappa shape index (κ3) is 4.19. The second-order valence-electron chi connectivity index (χ2n) is 5.37. The maximum absolute atomic E-state index is 13.4. The molecule has 104 valence electrons. The van der Waals surface area contributed by atoms with Gasteiger partial charge in [-0.15, -0.1) is 12.4 Å². The number of aliphatic hydroxyl groups excluding tert-OH is 1. The quantitative estimate of drug-likeness (QED) is 0.893.